The highest BCUT2D eigenvalue weighted by Gasteiger charge is 2.31. The number of hydrogen-bond acceptors (Lipinski definition) is 1. The third-order valence-electron chi connectivity index (χ3n) is 4.09. The van der Waals surface area contributed by atoms with Crippen molar-refractivity contribution in [2.75, 3.05) is 0 Å². The molecule has 1 aliphatic carbocycles. The summed E-state index contributed by atoms with van der Waals surface area (Å²) < 4.78 is 13.0. The van der Waals surface area contributed by atoms with Gasteiger partial charge in [-0.25, -0.2) is 4.39 Å². The summed E-state index contributed by atoms with van der Waals surface area (Å²) in [6.45, 7) is 4.28. The second-order valence-corrected chi connectivity index (χ2v) is 5.73. The minimum atomic E-state index is -0.194. The third kappa shape index (κ3) is 2.64. The molecule has 0 saturated carbocycles. The van der Waals surface area contributed by atoms with E-state index in [1.54, 1.807) is 0 Å². The molecule has 0 spiro atoms. The molecular formula is C16H22FN. The van der Waals surface area contributed by atoms with Crippen LogP contribution >= 0.6 is 0 Å². The van der Waals surface area contributed by atoms with Crippen LogP contribution in [0.3, 0.4) is 0 Å². The molecule has 0 aromatic heterocycles. The predicted molar refractivity (Wildman–Crippen MR) is 74.0 cm³/mol. The third-order valence-corrected chi connectivity index (χ3v) is 4.09. The van der Waals surface area contributed by atoms with Crippen LogP contribution in [0, 0.1) is 5.82 Å². The van der Waals surface area contributed by atoms with Crippen LogP contribution < -0.4 is 5.73 Å². The molecule has 2 heteroatoms. The number of rotatable bonds is 3. The number of halogens is 1. The predicted octanol–water partition coefficient (Wildman–Crippen LogP) is 3.93. The van der Waals surface area contributed by atoms with Gasteiger partial charge in [-0.1, -0.05) is 37.6 Å². The van der Waals surface area contributed by atoms with Gasteiger partial charge in [0.2, 0.25) is 0 Å². The molecule has 2 rings (SSSR count). The first-order chi connectivity index (χ1) is 8.51. The molecule has 0 saturated heterocycles. The zero-order valence-electron chi connectivity index (χ0n) is 11.2. The molecule has 1 aromatic carbocycles. The fraction of sp³-hybridized carbons (Fsp3) is 0.500. The summed E-state index contributed by atoms with van der Waals surface area (Å²) in [5.74, 6) is -0.194. The van der Waals surface area contributed by atoms with Crippen LogP contribution in [-0.4, -0.2) is 6.04 Å². The Bertz CT molecular complexity index is 431. The zero-order chi connectivity index (χ0) is 13.2. The summed E-state index contributed by atoms with van der Waals surface area (Å²) in [6, 6.07) is 6.73. The summed E-state index contributed by atoms with van der Waals surface area (Å²) >= 11 is 0. The highest BCUT2D eigenvalue weighted by molar-refractivity contribution is 5.31. The summed E-state index contributed by atoms with van der Waals surface area (Å²) in [4.78, 5) is 0. The molecule has 1 unspecified atom stereocenters. The SMILES string of the molecule is CC(C)(c1ccc(F)cc1)C(N)C1=CCCCC1. The van der Waals surface area contributed by atoms with E-state index in [0.29, 0.717) is 0 Å². The van der Waals surface area contributed by atoms with Gasteiger partial charge >= 0.3 is 0 Å². The van der Waals surface area contributed by atoms with Crippen LogP contribution in [0.5, 0.6) is 0 Å². The van der Waals surface area contributed by atoms with Gasteiger partial charge < -0.3 is 5.73 Å². The normalized spacial score (nSPS) is 18.3. The lowest BCUT2D eigenvalue weighted by atomic mass is 9.73. The smallest absolute Gasteiger partial charge is 0.123 e. The average molecular weight is 247 g/mol. The minimum absolute atomic E-state index is 0.0169. The van der Waals surface area contributed by atoms with Crippen molar-refractivity contribution in [1.82, 2.24) is 0 Å². The van der Waals surface area contributed by atoms with Crippen LogP contribution in [0.15, 0.2) is 35.9 Å². The molecule has 1 aromatic rings. The van der Waals surface area contributed by atoms with E-state index in [9.17, 15) is 4.39 Å². The molecule has 1 nitrogen and oxygen atoms in total. The Morgan fingerprint density at radius 1 is 1.17 bits per heavy atom. The summed E-state index contributed by atoms with van der Waals surface area (Å²) in [5, 5.41) is 0. The Balaban J connectivity index is 2.24. The first kappa shape index (κ1) is 13.3. The average Bonchev–Trinajstić information content (AvgIpc) is 2.39. The van der Waals surface area contributed by atoms with Crippen LogP contribution in [0.4, 0.5) is 4.39 Å². The van der Waals surface area contributed by atoms with Crippen molar-refractivity contribution in [3.63, 3.8) is 0 Å². The van der Waals surface area contributed by atoms with E-state index in [1.807, 2.05) is 12.1 Å². The number of hydrogen-bond donors (Lipinski definition) is 1. The van der Waals surface area contributed by atoms with E-state index in [0.717, 1.165) is 18.4 Å². The maximum Gasteiger partial charge on any atom is 0.123 e. The number of allylic oxidation sites excluding steroid dienone is 1. The molecule has 0 bridgehead atoms. The molecule has 0 heterocycles. The van der Waals surface area contributed by atoms with Crippen molar-refractivity contribution in [2.45, 2.75) is 51.0 Å². The molecule has 1 aliphatic rings. The standard InChI is InChI=1S/C16H22FN/c1-16(2,13-8-10-14(17)11-9-13)15(18)12-6-4-3-5-7-12/h6,8-11,15H,3-5,7,18H2,1-2H3. The monoisotopic (exact) mass is 247 g/mol. The van der Waals surface area contributed by atoms with E-state index < -0.39 is 0 Å². The first-order valence-corrected chi connectivity index (χ1v) is 6.72. The van der Waals surface area contributed by atoms with E-state index >= 15 is 0 Å². The van der Waals surface area contributed by atoms with Gasteiger partial charge in [0.05, 0.1) is 0 Å². The van der Waals surface area contributed by atoms with Gasteiger partial charge in [-0.15, -0.1) is 0 Å². The molecule has 2 N–H and O–H groups in total. The van der Waals surface area contributed by atoms with Gasteiger partial charge in [0, 0.05) is 11.5 Å². The molecule has 0 aliphatic heterocycles. The summed E-state index contributed by atoms with van der Waals surface area (Å²) in [6.07, 6.45) is 7.04. The van der Waals surface area contributed by atoms with Crippen LogP contribution in [0.2, 0.25) is 0 Å². The maximum absolute atomic E-state index is 13.0. The number of nitrogens with two attached hydrogens (primary N) is 1. The largest absolute Gasteiger partial charge is 0.324 e. The van der Waals surface area contributed by atoms with Crippen molar-refractivity contribution < 1.29 is 4.39 Å². The Morgan fingerprint density at radius 2 is 1.83 bits per heavy atom. The van der Waals surface area contributed by atoms with E-state index in [2.05, 4.69) is 19.9 Å². The van der Waals surface area contributed by atoms with Gasteiger partial charge in [-0.05, 0) is 43.4 Å². The van der Waals surface area contributed by atoms with Crippen LogP contribution in [0.25, 0.3) is 0 Å². The molecule has 0 fully saturated rings. The second kappa shape index (κ2) is 5.23. The molecule has 18 heavy (non-hydrogen) atoms. The van der Waals surface area contributed by atoms with Crippen molar-refractivity contribution in [3.8, 4) is 0 Å². The Kier molecular flexibility index (Phi) is 3.86. The first-order valence-electron chi connectivity index (χ1n) is 6.72. The Hall–Kier alpha value is -1.15. The van der Waals surface area contributed by atoms with Crippen molar-refractivity contribution in [1.29, 1.82) is 0 Å². The fourth-order valence-corrected chi connectivity index (χ4v) is 2.67. The van der Waals surface area contributed by atoms with Gasteiger partial charge in [0.15, 0.2) is 0 Å². The highest BCUT2D eigenvalue weighted by Crippen LogP contribution is 2.33. The molecule has 1 atom stereocenters. The highest BCUT2D eigenvalue weighted by atomic mass is 19.1. The van der Waals surface area contributed by atoms with Gasteiger partial charge in [-0.2, -0.15) is 0 Å². The second-order valence-electron chi connectivity index (χ2n) is 5.73. The summed E-state index contributed by atoms with van der Waals surface area (Å²) in [5.41, 5.74) is 8.74. The van der Waals surface area contributed by atoms with Crippen molar-refractivity contribution in [2.24, 2.45) is 5.73 Å². The molecule has 0 amide bonds. The molecular weight excluding hydrogens is 225 g/mol. The minimum Gasteiger partial charge on any atom is -0.324 e. The molecule has 0 radical (unpaired) electrons. The topological polar surface area (TPSA) is 26.0 Å². The van der Waals surface area contributed by atoms with E-state index in [4.69, 9.17) is 5.73 Å². The fourth-order valence-electron chi connectivity index (χ4n) is 2.67. The van der Waals surface area contributed by atoms with Gasteiger partial charge in [0.25, 0.3) is 0 Å². The van der Waals surface area contributed by atoms with E-state index in [1.165, 1.54) is 30.5 Å². The lowest BCUT2D eigenvalue weighted by Gasteiger charge is -2.35. The van der Waals surface area contributed by atoms with Crippen molar-refractivity contribution in [3.05, 3.63) is 47.3 Å². The van der Waals surface area contributed by atoms with Crippen LogP contribution in [-0.2, 0) is 5.41 Å². The van der Waals surface area contributed by atoms with Gasteiger partial charge in [0.1, 0.15) is 5.82 Å². The van der Waals surface area contributed by atoms with Crippen molar-refractivity contribution >= 4 is 0 Å². The quantitative estimate of drug-likeness (QED) is 0.805. The molecule has 98 valence electrons. The lowest BCUT2D eigenvalue weighted by molar-refractivity contribution is 0.432. The zero-order valence-corrected chi connectivity index (χ0v) is 11.2. The Morgan fingerprint density at radius 3 is 2.39 bits per heavy atom. The Labute approximate surface area is 109 Å². The number of benzene rings is 1. The lowest BCUT2D eigenvalue weighted by Crippen LogP contribution is -2.42. The van der Waals surface area contributed by atoms with Crippen LogP contribution in [0.1, 0.15) is 45.1 Å². The maximum atomic E-state index is 13.0. The van der Waals surface area contributed by atoms with E-state index in [-0.39, 0.29) is 17.3 Å². The summed E-state index contributed by atoms with van der Waals surface area (Å²) in [7, 11) is 0. The van der Waals surface area contributed by atoms with Gasteiger partial charge in [-0.3, -0.25) is 0 Å².